The van der Waals surface area contributed by atoms with Crippen LogP contribution in [0, 0.1) is 5.92 Å². The van der Waals surface area contributed by atoms with Crippen LogP contribution in [0.1, 0.15) is 23.8 Å². The summed E-state index contributed by atoms with van der Waals surface area (Å²) in [4.78, 5) is 3.46. The number of likely N-dealkylation sites (tertiary alicyclic amines) is 1. The summed E-state index contributed by atoms with van der Waals surface area (Å²) in [6, 6.07) is 4.05. The van der Waals surface area contributed by atoms with Crippen LogP contribution in [0.2, 0.25) is 0 Å². The van der Waals surface area contributed by atoms with Crippen molar-refractivity contribution >= 4 is 11.3 Å². The third kappa shape index (κ3) is 2.16. The van der Waals surface area contributed by atoms with Gasteiger partial charge in [0.1, 0.15) is 0 Å². The molecule has 1 aliphatic rings. The number of rotatable bonds is 2. The smallest absolute Gasteiger partial charge is 0.0910 e. The Morgan fingerprint density at radius 1 is 1.50 bits per heavy atom. The predicted molar refractivity (Wildman–Crippen MR) is 59.5 cm³/mol. The lowest BCUT2D eigenvalue weighted by molar-refractivity contribution is 0.0683. The van der Waals surface area contributed by atoms with Gasteiger partial charge in [-0.05, 0) is 50.3 Å². The van der Waals surface area contributed by atoms with Crippen LogP contribution < -0.4 is 0 Å². The van der Waals surface area contributed by atoms with E-state index < -0.39 is 0 Å². The van der Waals surface area contributed by atoms with Gasteiger partial charge in [-0.25, -0.2) is 0 Å². The van der Waals surface area contributed by atoms with Crippen molar-refractivity contribution < 1.29 is 5.11 Å². The Hall–Kier alpha value is -0.380. The van der Waals surface area contributed by atoms with Gasteiger partial charge in [-0.15, -0.1) is 11.3 Å². The second kappa shape index (κ2) is 4.43. The number of piperidine rings is 1. The number of aliphatic hydroxyl groups is 1. The van der Waals surface area contributed by atoms with Gasteiger partial charge in [0, 0.05) is 4.88 Å². The van der Waals surface area contributed by atoms with Crippen LogP contribution in [-0.4, -0.2) is 30.1 Å². The molecule has 2 nitrogen and oxygen atoms in total. The molecule has 0 spiro atoms. The molecule has 1 aromatic rings. The number of thiophene rings is 1. The van der Waals surface area contributed by atoms with Crippen molar-refractivity contribution in [1.82, 2.24) is 4.90 Å². The first kappa shape index (κ1) is 10.1. The van der Waals surface area contributed by atoms with E-state index >= 15 is 0 Å². The molecule has 0 aromatic carbocycles. The maximum absolute atomic E-state index is 10.1. The van der Waals surface area contributed by atoms with E-state index in [1.54, 1.807) is 11.3 Å². The van der Waals surface area contributed by atoms with Crippen molar-refractivity contribution in [2.24, 2.45) is 5.92 Å². The highest BCUT2D eigenvalue weighted by Crippen LogP contribution is 2.32. The molecule has 2 heterocycles. The molecule has 3 heteroatoms. The van der Waals surface area contributed by atoms with Crippen LogP contribution >= 0.6 is 11.3 Å². The van der Waals surface area contributed by atoms with E-state index in [4.69, 9.17) is 0 Å². The monoisotopic (exact) mass is 211 g/mol. The molecular formula is C11H17NOS. The van der Waals surface area contributed by atoms with Crippen LogP contribution in [0.4, 0.5) is 0 Å². The second-order valence-electron chi connectivity index (χ2n) is 4.10. The van der Waals surface area contributed by atoms with Crippen molar-refractivity contribution in [2.75, 3.05) is 20.1 Å². The highest BCUT2D eigenvalue weighted by molar-refractivity contribution is 7.10. The summed E-state index contributed by atoms with van der Waals surface area (Å²) in [5.74, 6) is 0.463. The molecule has 1 fully saturated rings. The Morgan fingerprint density at radius 3 is 2.79 bits per heavy atom. The summed E-state index contributed by atoms with van der Waals surface area (Å²) in [5, 5.41) is 12.1. The number of aliphatic hydroxyl groups excluding tert-OH is 1. The molecule has 1 unspecified atom stereocenters. The van der Waals surface area contributed by atoms with Crippen LogP contribution in [0.3, 0.4) is 0 Å². The fourth-order valence-electron chi connectivity index (χ4n) is 2.04. The van der Waals surface area contributed by atoms with Crippen LogP contribution in [0.15, 0.2) is 17.5 Å². The fraction of sp³-hybridized carbons (Fsp3) is 0.636. The minimum Gasteiger partial charge on any atom is -0.387 e. The van der Waals surface area contributed by atoms with Gasteiger partial charge in [0.2, 0.25) is 0 Å². The van der Waals surface area contributed by atoms with Crippen molar-refractivity contribution in [3.8, 4) is 0 Å². The van der Waals surface area contributed by atoms with Gasteiger partial charge in [0.05, 0.1) is 6.10 Å². The molecule has 0 amide bonds. The van der Waals surface area contributed by atoms with Gasteiger partial charge < -0.3 is 10.0 Å². The van der Waals surface area contributed by atoms with Crippen molar-refractivity contribution in [3.05, 3.63) is 22.4 Å². The van der Waals surface area contributed by atoms with Crippen LogP contribution in [-0.2, 0) is 0 Å². The van der Waals surface area contributed by atoms with Crippen molar-refractivity contribution in [3.63, 3.8) is 0 Å². The molecule has 0 radical (unpaired) electrons. The average Bonchev–Trinajstić information content (AvgIpc) is 2.71. The largest absolute Gasteiger partial charge is 0.387 e. The third-order valence-corrected chi connectivity index (χ3v) is 3.99. The highest BCUT2D eigenvalue weighted by atomic mass is 32.1. The molecule has 1 aliphatic heterocycles. The topological polar surface area (TPSA) is 23.5 Å². The lowest BCUT2D eigenvalue weighted by Gasteiger charge is -2.31. The van der Waals surface area contributed by atoms with Crippen molar-refractivity contribution in [2.45, 2.75) is 18.9 Å². The van der Waals surface area contributed by atoms with E-state index in [2.05, 4.69) is 11.9 Å². The first-order valence-corrected chi connectivity index (χ1v) is 6.05. The van der Waals surface area contributed by atoms with Gasteiger partial charge in [-0.2, -0.15) is 0 Å². The Kier molecular flexibility index (Phi) is 3.21. The molecule has 0 bridgehead atoms. The fourth-order valence-corrected chi connectivity index (χ4v) is 2.84. The first-order chi connectivity index (χ1) is 6.77. The maximum atomic E-state index is 10.1. The molecule has 78 valence electrons. The second-order valence-corrected chi connectivity index (χ2v) is 5.08. The predicted octanol–water partition coefficient (Wildman–Crippen LogP) is 2.12. The molecule has 0 saturated carbocycles. The Bertz CT molecular complexity index is 265. The minimum absolute atomic E-state index is 0.233. The summed E-state index contributed by atoms with van der Waals surface area (Å²) in [6.45, 7) is 2.24. The zero-order valence-electron chi connectivity index (χ0n) is 8.52. The molecule has 1 saturated heterocycles. The maximum Gasteiger partial charge on any atom is 0.0910 e. The normalized spacial score (nSPS) is 22.4. The molecule has 1 N–H and O–H groups in total. The van der Waals surface area contributed by atoms with Crippen molar-refractivity contribution in [1.29, 1.82) is 0 Å². The van der Waals surface area contributed by atoms with E-state index in [1.807, 2.05) is 17.5 Å². The first-order valence-electron chi connectivity index (χ1n) is 5.17. The summed E-state index contributed by atoms with van der Waals surface area (Å²) >= 11 is 1.66. The Labute approximate surface area is 89.2 Å². The summed E-state index contributed by atoms with van der Waals surface area (Å²) in [5.41, 5.74) is 0. The molecule has 2 rings (SSSR count). The van der Waals surface area contributed by atoms with E-state index in [0.29, 0.717) is 5.92 Å². The Balaban J connectivity index is 1.95. The molecule has 1 aromatic heterocycles. The number of hydrogen-bond acceptors (Lipinski definition) is 3. The van der Waals surface area contributed by atoms with Gasteiger partial charge >= 0.3 is 0 Å². The van der Waals surface area contributed by atoms with E-state index in [9.17, 15) is 5.11 Å². The number of nitrogens with zero attached hydrogens (tertiary/aromatic N) is 1. The molecule has 14 heavy (non-hydrogen) atoms. The minimum atomic E-state index is -0.233. The van der Waals surface area contributed by atoms with E-state index in [-0.39, 0.29) is 6.10 Å². The summed E-state index contributed by atoms with van der Waals surface area (Å²) in [7, 11) is 2.15. The average molecular weight is 211 g/mol. The molecule has 1 atom stereocenters. The zero-order valence-corrected chi connectivity index (χ0v) is 9.33. The van der Waals surface area contributed by atoms with Gasteiger partial charge in [-0.3, -0.25) is 0 Å². The van der Waals surface area contributed by atoms with E-state index in [0.717, 1.165) is 30.8 Å². The van der Waals surface area contributed by atoms with Gasteiger partial charge in [0.25, 0.3) is 0 Å². The molecular weight excluding hydrogens is 194 g/mol. The van der Waals surface area contributed by atoms with Gasteiger partial charge in [0.15, 0.2) is 0 Å². The summed E-state index contributed by atoms with van der Waals surface area (Å²) < 4.78 is 0. The SMILES string of the molecule is CN1CCC(C(O)c2cccs2)CC1. The lowest BCUT2D eigenvalue weighted by Crippen LogP contribution is -2.32. The quantitative estimate of drug-likeness (QED) is 0.810. The van der Waals surface area contributed by atoms with Crippen LogP contribution in [0.25, 0.3) is 0 Å². The lowest BCUT2D eigenvalue weighted by atomic mass is 9.91. The van der Waals surface area contributed by atoms with Gasteiger partial charge in [-0.1, -0.05) is 6.07 Å². The number of hydrogen-bond donors (Lipinski definition) is 1. The molecule has 0 aliphatic carbocycles. The Morgan fingerprint density at radius 2 is 2.21 bits per heavy atom. The highest BCUT2D eigenvalue weighted by Gasteiger charge is 2.25. The summed E-state index contributed by atoms with van der Waals surface area (Å²) in [6.07, 6.45) is 2.01. The van der Waals surface area contributed by atoms with Crippen LogP contribution in [0.5, 0.6) is 0 Å². The zero-order chi connectivity index (χ0) is 9.97. The standard InChI is InChI=1S/C11H17NOS/c1-12-6-4-9(5-7-12)11(13)10-3-2-8-14-10/h2-3,8-9,11,13H,4-7H2,1H3. The third-order valence-electron chi connectivity index (χ3n) is 3.04. The van der Waals surface area contributed by atoms with E-state index in [1.165, 1.54) is 0 Å².